The van der Waals surface area contributed by atoms with Crippen LogP contribution in [0.2, 0.25) is 5.02 Å². The maximum absolute atomic E-state index is 13.3. The van der Waals surface area contributed by atoms with Crippen molar-refractivity contribution in [1.82, 2.24) is 4.31 Å². The van der Waals surface area contributed by atoms with E-state index in [1.807, 2.05) is 0 Å². The Morgan fingerprint density at radius 2 is 1.92 bits per heavy atom. The minimum atomic E-state index is -3.89. The largest absolute Gasteiger partial charge is 0.325 e. The van der Waals surface area contributed by atoms with Gasteiger partial charge in [-0.25, -0.2) is 12.8 Å². The molecule has 3 rings (SSSR count). The highest BCUT2D eigenvalue weighted by Gasteiger charge is 2.40. The SMILES string of the molecule is Cc1cc(F)ccc1S(=O)(=O)N1CCC[C@@H]1C(=O)Nc1ccc(Cl)cc1. The molecule has 0 unspecified atom stereocenters. The smallest absolute Gasteiger partial charge is 0.244 e. The molecule has 1 fully saturated rings. The summed E-state index contributed by atoms with van der Waals surface area (Å²) in [5.74, 6) is -0.895. The first-order valence-corrected chi connectivity index (χ1v) is 9.95. The summed E-state index contributed by atoms with van der Waals surface area (Å²) in [6.45, 7) is 1.78. The van der Waals surface area contributed by atoms with Gasteiger partial charge in [-0.1, -0.05) is 11.6 Å². The van der Waals surface area contributed by atoms with Crippen LogP contribution in [0.15, 0.2) is 47.4 Å². The molecule has 138 valence electrons. The summed E-state index contributed by atoms with van der Waals surface area (Å²) in [6, 6.07) is 9.30. The zero-order valence-corrected chi connectivity index (χ0v) is 15.6. The third-order valence-electron chi connectivity index (χ3n) is 4.34. The monoisotopic (exact) mass is 396 g/mol. The van der Waals surface area contributed by atoms with Gasteiger partial charge in [-0.15, -0.1) is 0 Å². The van der Waals surface area contributed by atoms with Gasteiger partial charge in [0.2, 0.25) is 15.9 Å². The highest BCUT2D eigenvalue weighted by atomic mass is 35.5. The van der Waals surface area contributed by atoms with Crippen LogP contribution in [0.3, 0.4) is 0 Å². The molecule has 1 saturated heterocycles. The van der Waals surface area contributed by atoms with Crippen molar-refractivity contribution < 1.29 is 17.6 Å². The Hall–Kier alpha value is -1.96. The third kappa shape index (κ3) is 3.75. The molecule has 0 bridgehead atoms. The lowest BCUT2D eigenvalue weighted by Crippen LogP contribution is -2.43. The van der Waals surface area contributed by atoms with Crippen molar-refractivity contribution in [2.45, 2.75) is 30.7 Å². The van der Waals surface area contributed by atoms with E-state index < -0.39 is 27.8 Å². The normalized spacial score (nSPS) is 18.0. The second kappa shape index (κ2) is 7.34. The van der Waals surface area contributed by atoms with Crippen LogP contribution in [-0.4, -0.2) is 31.2 Å². The number of nitrogens with zero attached hydrogens (tertiary/aromatic N) is 1. The molecular weight excluding hydrogens is 379 g/mol. The maximum atomic E-state index is 13.3. The molecule has 2 aromatic carbocycles. The predicted molar refractivity (Wildman–Crippen MR) is 98.1 cm³/mol. The number of rotatable bonds is 4. The Labute approximate surface area is 156 Å². The van der Waals surface area contributed by atoms with Crippen molar-refractivity contribution in [2.24, 2.45) is 0 Å². The summed E-state index contributed by atoms with van der Waals surface area (Å²) < 4.78 is 40.5. The number of hydrogen-bond acceptors (Lipinski definition) is 3. The van der Waals surface area contributed by atoms with Gasteiger partial charge in [0.15, 0.2) is 0 Å². The van der Waals surface area contributed by atoms with Gasteiger partial charge in [-0.3, -0.25) is 4.79 Å². The molecular formula is C18H18ClFN2O3S. The van der Waals surface area contributed by atoms with E-state index in [2.05, 4.69) is 5.32 Å². The molecule has 1 heterocycles. The standard InChI is InChI=1S/C18H18ClFN2O3S/c1-12-11-14(20)6-9-17(12)26(24,25)22-10-2-3-16(22)18(23)21-15-7-4-13(19)5-8-15/h4-9,11,16H,2-3,10H2,1H3,(H,21,23)/t16-/m1/s1. The second-order valence-electron chi connectivity index (χ2n) is 6.18. The van der Waals surface area contributed by atoms with E-state index in [4.69, 9.17) is 11.6 Å². The van der Waals surface area contributed by atoms with Crippen LogP contribution < -0.4 is 5.32 Å². The highest BCUT2D eigenvalue weighted by Crippen LogP contribution is 2.29. The molecule has 0 spiro atoms. The number of hydrogen-bond donors (Lipinski definition) is 1. The number of halogens is 2. The highest BCUT2D eigenvalue weighted by molar-refractivity contribution is 7.89. The summed E-state index contributed by atoms with van der Waals surface area (Å²) in [5.41, 5.74) is 0.857. The zero-order valence-electron chi connectivity index (χ0n) is 14.1. The second-order valence-corrected chi connectivity index (χ2v) is 8.48. The van der Waals surface area contributed by atoms with Gasteiger partial charge in [-0.05, 0) is 67.8 Å². The van der Waals surface area contributed by atoms with Crippen molar-refractivity contribution in [3.8, 4) is 0 Å². The fourth-order valence-corrected chi connectivity index (χ4v) is 5.07. The van der Waals surface area contributed by atoms with E-state index in [0.717, 1.165) is 6.07 Å². The number of benzene rings is 2. The van der Waals surface area contributed by atoms with E-state index in [9.17, 15) is 17.6 Å². The van der Waals surface area contributed by atoms with Crippen LogP contribution in [0.4, 0.5) is 10.1 Å². The first-order chi connectivity index (χ1) is 12.3. The Morgan fingerprint density at radius 1 is 1.23 bits per heavy atom. The Bertz CT molecular complexity index is 932. The molecule has 26 heavy (non-hydrogen) atoms. The van der Waals surface area contributed by atoms with Gasteiger partial charge in [0.1, 0.15) is 11.9 Å². The van der Waals surface area contributed by atoms with Gasteiger partial charge in [-0.2, -0.15) is 4.31 Å². The average molecular weight is 397 g/mol. The Balaban J connectivity index is 1.84. The lowest BCUT2D eigenvalue weighted by atomic mass is 10.2. The van der Waals surface area contributed by atoms with Crippen LogP contribution in [0.5, 0.6) is 0 Å². The van der Waals surface area contributed by atoms with Crippen molar-refractivity contribution in [1.29, 1.82) is 0 Å². The molecule has 2 aromatic rings. The van der Waals surface area contributed by atoms with Crippen molar-refractivity contribution in [3.63, 3.8) is 0 Å². The number of nitrogens with one attached hydrogen (secondary N) is 1. The van der Waals surface area contributed by atoms with E-state index in [0.29, 0.717) is 29.1 Å². The Morgan fingerprint density at radius 3 is 2.58 bits per heavy atom. The summed E-state index contributed by atoms with van der Waals surface area (Å²) in [7, 11) is -3.89. The summed E-state index contributed by atoms with van der Waals surface area (Å²) in [6.07, 6.45) is 1.01. The predicted octanol–water partition coefficient (Wildman–Crippen LogP) is 3.58. The van der Waals surface area contributed by atoms with Crippen molar-refractivity contribution in [3.05, 3.63) is 58.9 Å². The fourth-order valence-electron chi connectivity index (χ4n) is 3.08. The minimum Gasteiger partial charge on any atom is -0.325 e. The number of carbonyl (C=O) groups is 1. The third-order valence-corrected chi connectivity index (χ3v) is 6.66. The zero-order chi connectivity index (χ0) is 18.9. The average Bonchev–Trinajstić information content (AvgIpc) is 3.07. The molecule has 8 heteroatoms. The molecule has 0 aliphatic carbocycles. The van der Waals surface area contributed by atoms with Gasteiger partial charge in [0.25, 0.3) is 0 Å². The molecule has 0 aromatic heterocycles. The van der Waals surface area contributed by atoms with E-state index in [1.54, 1.807) is 24.3 Å². The van der Waals surface area contributed by atoms with Crippen LogP contribution in [-0.2, 0) is 14.8 Å². The molecule has 1 aliphatic heterocycles. The van der Waals surface area contributed by atoms with Gasteiger partial charge >= 0.3 is 0 Å². The van der Waals surface area contributed by atoms with Crippen LogP contribution >= 0.6 is 11.6 Å². The first-order valence-electron chi connectivity index (χ1n) is 8.13. The van der Waals surface area contributed by atoms with Gasteiger partial charge in [0.05, 0.1) is 4.90 Å². The molecule has 0 radical (unpaired) electrons. The van der Waals surface area contributed by atoms with Gasteiger partial charge < -0.3 is 5.32 Å². The van der Waals surface area contributed by atoms with Crippen LogP contribution in [0, 0.1) is 12.7 Å². The van der Waals surface area contributed by atoms with Crippen molar-refractivity contribution >= 4 is 33.2 Å². The summed E-state index contributed by atoms with van der Waals surface area (Å²) in [4.78, 5) is 12.6. The molecule has 0 saturated carbocycles. The number of amides is 1. The number of sulfonamides is 1. The first kappa shape index (κ1) is 18.8. The molecule has 1 N–H and O–H groups in total. The lowest BCUT2D eigenvalue weighted by molar-refractivity contribution is -0.119. The van der Waals surface area contributed by atoms with E-state index >= 15 is 0 Å². The topological polar surface area (TPSA) is 66.5 Å². The summed E-state index contributed by atoms with van der Waals surface area (Å²) in [5, 5.41) is 3.27. The van der Waals surface area contributed by atoms with E-state index in [1.165, 1.54) is 23.4 Å². The molecule has 1 amide bonds. The number of aryl methyl sites for hydroxylation is 1. The number of anilines is 1. The maximum Gasteiger partial charge on any atom is 0.244 e. The van der Waals surface area contributed by atoms with Crippen molar-refractivity contribution in [2.75, 3.05) is 11.9 Å². The molecule has 1 atom stereocenters. The molecule has 1 aliphatic rings. The van der Waals surface area contributed by atoms with Crippen LogP contribution in [0.1, 0.15) is 18.4 Å². The summed E-state index contributed by atoms with van der Waals surface area (Å²) >= 11 is 5.83. The Kier molecular flexibility index (Phi) is 5.32. The number of carbonyl (C=O) groups excluding carboxylic acids is 1. The van der Waals surface area contributed by atoms with E-state index in [-0.39, 0.29) is 11.4 Å². The van der Waals surface area contributed by atoms with Gasteiger partial charge in [0, 0.05) is 17.3 Å². The quantitative estimate of drug-likeness (QED) is 0.858. The minimum absolute atomic E-state index is 0.0186. The van der Waals surface area contributed by atoms with Crippen LogP contribution in [0.25, 0.3) is 0 Å². The lowest BCUT2D eigenvalue weighted by Gasteiger charge is -2.24. The fraction of sp³-hybridized carbons (Fsp3) is 0.278. The molecule has 5 nitrogen and oxygen atoms in total.